The maximum atomic E-state index is 12.6. The smallest absolute Gasteiger partial charge is 0.310 e. The summed E-state index contributed by atoms with van der Waals surface area (Å²) in [5.74, 6) is -5.09. The highest BCUT2D eigenvalue weighted by atomic mass is 32.1. The van der Waals surface area contributed by atoms with Crippen molar-refractivity contribution in [3.8, 4) is 0 Å². The van der Waals surface area contributed by atoms with Crippen molar-refractivity contribution in [1.82, 2.24) is 5.32 Å². The third-order valence-corrected chi connectivity index (χ3v) is 6.11. The topological polar surface area (TPSA) is 127 Å². The van der Waals surface area contributed by atoms with Gasteiger partial charge in [-0.3, -0.25) is 24.0 Å². The first-order chi connectivity index (χ1) is 16.3. The molecule has 2 atom stereocenters. The Morgan fingerprint density at radius 2 is 1.74 bits per heavy atom. The quantitative estimate of drug-likeness (QED) is 0.245. The molecule has 1 heterocycles. The number of thiophene rings is 1. The summed E-state index contributed by atoms with van der Waals surface area (Å²) in [5, 5.41) is 15.0. The molecule has 0 fully saturated rings. The number of Topliss-reactive ketones (excluding diaryl/α,β-unsaturated/α-hetero) is 2. The van der Waals surface area contributed by atoms with Gasteiger partial charge in [-0.15, -0.1) is 11.3 Å². The summed E-state index contributed by atoms with van der Waals surface area (Å²) < 4.78 is 5.07. The Bertz CT molecular complexity index is 1210. The Morgan fingerprint density at radius 1 is 1.00 bits per heavy atom. The summed E-state index contributed by atoms with van der Waals surface area (Å²) in [6, 6.07) is 14.8. The Hall–Kier alpha value is -3.85. The minimum absolute atomic E-state index is 0.0725. The second kappa shape index (κ2) is 11.3. The molecule has 0 bridgehead atoms. The normalized spacial score (nSPS) is 12.5. The number of hydrogen-bond acceptors (Lipinski definition) is 7. The van der Waals surface area contributed by atoms with Gasteiger partial charge in [-0.2, -0.15) is 0 Å². The van der Waals surface area contributed by atoms with Crippen LogP contribution in [0.3, 0.4) is 0 Å². The zero-order chi connectivity index (χ0) is 24.7. The lowest BCUT2D eigenvalue weighted by atomic mass is 10.0. The van der Waals surface area contributed by atoms with Crippen molar-refractivity contribution < 1.29 is 33.8 Å². The van der Waals surface area contributed by atoms with E-state index in [1.807, 2.05) is 36.4 Å². The van der Waals surface area contributed by atoms with Crippen LogP contribution < -0.4 is 5.32 Å². The molecule has 0 aliphatic carbocycles. The number of ether oxygens (including phenoxy) is 1. The predicted octanol–water partition coefficient (Wildman–Crippen LogP) is 3.03. The fourth-order valence-electron chi connectivity index (χ4n) is 3.37. The molecule has 1 amide bonds. The Labute approximate surface area is 199 Å². The van der Waals surface area contributed by atoms with E-state index < -0.39 is 54.4 Å². The molecular formula is C25H23NO7S. The van der Waals surface area contributed by atoms with Crippen molar-refractivity contribution in [3.05, 3.63) is 70.4 Å². The summed E-state index contributed by atoms with van der Waals surface area (Å²) in [6.07, 6.45) is -0.775. The molecule has 0 saturated heterocycles. The Balaban J connectivity index is 1.60. The van der Waals surface area contributed by atoms with E-state index in [9.17, 15) is 24.0 Å². The molecule has 176 valence electrons. The van der Waals surface area contributed by atoms with Crippen molar-refractivity contribution >= 4 is 51.5 Å². The number of carboxylic acids is 1. The number of hydrogen-bond donors (Lipinski definition) is 2. The van der Waals surface area contributed by atoms with Crippen LogP contribution in [0.15, 0.2) is 60.0 Å². The zero-order valence-corrected chi connectivity index (χ0v) is 19.2. The third kappa shape index (κ3) is 6.35. The number of fused-ring (bicyclic) bond motifs is 1. The van der Waals surface area contributed by atoms with E-state index in [2.05, 4.69) is 5.32 Å². The molecule has 2 aromatic carbocycles. The number of carbonyl (C=O) groups excluding carboxylic acids is 4. The van der Waals surface area contributed by atoms with Gasteiger partial charge in [0.05, 0.1) is 23.6 Å². The summed E-state index contributed by atoms with van der Waals surface area (Å²) in [6.45, 7) is 0.680. The number of rotatable bonds is 11. The third-order valence-electron chi connectivity index (χ3n) is 5.22. The van der Waals surface area contributed by atoms with E-state index in [-0.39, 0.29) is 6.42 Å². The number of aliphatic carboxylic acids is 1. The molecule has 3 aromatic rings. The lowest BCUT2D eigenvalue weighted by Crippen LogP contribution is -2.47. The average Bonchev–Trinajstić information content (AvgIpc) is 3.36. The molecular weight excluding hydrogens is 458 g/mol. The number of carbonyl (C=O) groups is 5. The fourth-order valence-corrected chi connectivity index (χ4v) is 4.13. The lowest BCUT2D eigenvalue weighted by Gasteiger charge is -2.18. The number of carboxylic acid groups (broad SMARTS) is 1. The number of amides is 1. The molecule has 8 nitrogen and oxygen atoms in total. The highest BCUT2D eigenvalue weighted by molar-refractivity contribution is 7.12. The minimum Gasteiger partial charge on any atom is -0.481 e. The molecule has 0 radical (unpaired) electrons. The maximum Gasteiger partial charge on any atom is 0.310 e. The van der Waals surface area contributed by atoms with Crippen molar-refractivity contribution in [1.29, 1.82) is 0 Å². The minimum atomic E-state index is -1.44. The van der Waals surface area contributed by atoms with Crippen LogP contribution in [0.5, 0.6) is 0 Å². The summed E-state index contributed by atoms with van der Waals surface area (Å²) in [5.41, 5.74) is 0.729. The van der Waals surface area contributed by atoms with Gasteiger partial charge in [-0.1, -0.05) is 48.5 Å². The number of ketones is 2. The van der Waals surface area contributed by atoms with Gasteiger partial charge in [0.1, 0.15) is 6.04 Å². The van der Waals surface area contributed by atoms with Crippen molar-refractivity contribution in [2.45, 2.75) is 25.8 Å². The van der Waals surface area contributed by atoms with Gasteiger partial charge in [0.25, 0.3) is 0 Å². The van der Waals surface area contributed by atoms with E-state index in [4.69, 9.17) is 9.84 Å². The van der Waals surface area contributed by atoms with E-state index in [0.29, 0.717) is 4.88 Å². The van der Waals surface area contributed by atoms with E-state index in [0.717, 1.165) is 16.3 Å². The van der Waals surface area contributed by atoms with Gasteiger partial charge in [0, 0.05) is 0 Å². The molecule has 0 aliphatic heterocycles. The van der Waals surface area contributed by atoms with Crippen LogP contribution in [0.25, 0.3) is 10.8 Å². The van der Waals surface area contributed by atoms with E-state index in [1.54, 1.807) is 23.6 Å². The van der Waals surface area contributed by atoms with Crippen LogP contribution in [0.2, 0.25) is 0 Å². The molecule has 3 rings (SSSR count). The molecule has 0 aliphatic rings. The number of benzene rings is 2. The van der Waals surface area contributed by atoms with Gasteiger partial charge < -0.3 is 15.2 Å². The lowest BCUT2D eigenvalue weighted by molar-refractivity contribution is -0.148. The molecule has 9 heteroatoms. The van der Waals surface area contributed by atoms with Crippen LogP contribution in [0, 0.1) is 5.92 Å². The first-order valence-corrected chi connectivity index (χ1v) is 11.4. The average molecular weight is 482 g/mol. The highest BCUT2D eigenvalue weighted by Gasteiger charge is 2.30. The molecule has 0 spiro atoms. The molecule has 1 aromatic heterocycles. The highest BCUT2D eigenvalue weighted by Crippen LogP contribution is 2.19. The maximum absolute atomic E-state index is 12.6. The van der Waals surface area contributed by atoms with Crippen LogP contribution in [-0.4, -0.2) is 47.2 Å². The SMILES string of the molecule is CC(C(=O)NC(CC(=O)O)C(=O)COC(=O)Cc1cccc2ccccc12)C(=O)c1cccs1. The molecule has 2 N–H and O–H groups in total. The first-order valence-electron chi connectivity index (χ1n) is 10.5. The number of esters is 1. The largest absolute Gasteiger partial charge is 0.481 e. The van der Waals surface area contributed by atoms with Crippen LogP contribution in [0.1, 0.15) is 28.6 Å². The number of nitrogens with one attached hydrogen (secondary N) is 1. The van der Waals surface area contributed by atoms with Crippen LogP contribution in [0.4, 0.5) is 0 Å². The first kappa shape index (κ1) is 24.8. The van der Waals surface area contributed by atoms with Crippen LogP contribution >= 0.6 is 11.3 Å². The monoisotopic (exact) mass is 481 g/mol. The van der Waals surface area contributed by atoms with Gasteiger partial charge in [-0.05, 0) is 34.7 Å². The fraction of sp³-hybridized carbons (Fsp3) is 0.240. The Morgan fingerprint density at radius 3 is 2.44 bits per heavy atom. The van der Waals surface area contributed by atoms with Crippen LogP contribution in [-0.2, 0) is 30.3 Å². The van der Waals surface area contributed by atoms with Crippen molar-refractivity contribution in [2.24, 2.45) is 5.92 Å². The second-order valence-corrected chi connectivity index (χ2v) is 8.61. The van der Waals surface area contributed by atoms with Gasteiger partial charge in [-0.25, -0.2) is 0 Å². The van der Waals surface area contributed by atoms with Gasteiger partial charge in [0.2, 0.25) is 5.91 Å². The summed E-state index contributed by atoms with van der Waals surface area (Å²) in [4.78, 5) is 61.4. The Kier molecular flexibility index (Phi) is 8.26. The van der Waals surface area contributed by atoms with Gasteiger partial charge in [0.15, 0.2) is 18.2 Å². The van der Waals surface area contributed by atoms with Crippen molar-refractivity contribution in [2.75, 3.05) is 6.61 Å². The second-order valence-electron chi connectivity index (χ2n) is 7.66. The standard InChI is InChI=1S/C25H23NO7S/c1-15(24(31)21-10-5-11-34-21)25(32)26-19(13-22(28)29)20(27)14-33-23(30)12-17-8-4-7-16-6-2-3-9-18(16)17/h2-11,15,19H,12-14H2,1H3,(H,26,32)(H,28,29). The molecule has 2 unspecified atom stereocenters. The van der Waals surface area contributed by atoms with E-state index in [1.165, 1.54) is 18.3 Å². The summed E-state index contributed by atoms with van der Waals surface area (Å²) >= 11 is 1.18. The molecule has 34 heavy (non-hydrogen) atoms. The zero-order valence-electron chi connectivity index (χ0n) is 18.4. The van der Waals surface area contributed by atoms with Crippen molar-refractivity contribution in [3.63, 3.8) is 0 Å². The van der Waals surface area contributed by atoms with E-state index >= 15 is 0 Å². The predicted molar refractivity (Wildman–Crippen MR) is 126 cm³/mol. The van der Waals surface area contributed by atoms with Gasteiger partial charge >= 0.3 is 11.9 Å². The summed E-state index contributed by atoms with van der Waals surface area (Å²) in [7, 11) is 0. The molecule has 0 saturated carbocycles.